The minimum Gasteiger partial charge on any atom is -0.376 e. The molecule has 4 heterocycles. The van der Waals surface area contributed by atoms with E-state index in [0.29, 0.717) is 19.5 Å². The molecule has 3 fully saturated rings. The summed E-state index contributed by atoms with van der Waals surface area (Å²) < 4.78 is 7.11. The SMILES string of the molecule is O=C(Cn1cnnn1)N1CCC2(CC1)CC(=O)N(CC1CCCO1)C2. The Balaban J connectivity index is 1.30. The van der Waals surface area contributed by atoms with Crippen molar-refractivity contribution in [2.45, 2.75) is 44.8 Å². The van der Waals surface area contributed by atoms with E-state index >= 15 is 0 Å². The molecule has 9 nitrogen and oxygen atoms in total. The van der Waals surface area contributed by atoms with Gasteiger partial charge in [0.05, 0.1) is 6.10 Å². The van der Waals surface area contributed by atoms with Gasteiger partial charge in [0, 0.05) is 44.6 Å². The van der Waals surface area contributed by atoms with E-state index in [1.807, 2.05) is 9.80 Å². The number of hydrogen-bond acceptors (Lipinski definition) is 6. The van der Waals surface area contributed by atoms with E-state index in [1.165, 1.54) is 11.0 Å². The molecular formula is C16H24N6O3. The Morgan fingerprint density at radius 3 is 2.88 bits per heavy atom. The highest BCUT2D eigenvalue weighted by molar-refractivity contribution is 5.80. The minimum absolute atomic E-state index is 0.0290. The van der Waals surface area contributed by atoms with Crippen LogP contribution >= 0.6 is 0 Å². The molecule has 3 aliphatic heterocycles. The lowest BCUT2D eigenvalue weighted by atomic mass is 9.77. The summed E-state index contributed by atoms with van der Waals surface area (Å²) in [4.78, 5) is 28.6. The van der Waals surface area contributed by atoms with Crippen LogP contribution in [0.15, 0.2) is 6.33 Å². The third-order valence-electron chi connectivity index (χ3n) is 5.72. The van der Waals surface area contributed by atoms with Gasteiger partial charge in [0.25, 0.3) is 0 Å². The van der Waals surface area contributed by atoms with Crippen molar-refractivity contribution in [3.63, 3.8) is 0 Å². The average Bonchev–Trinajstić information content (AvgIpc) is 3.33. The Morgan fingerprint density at radius 2 is 2.20 bits per heavy atom. The molecule has 2 amide bonds. The summed E-state index contributed by atoms with van der Waals surface area (Å²) in [5.74, 6) is 0.270. The number of piperidine rings is 1. The Kier molecular flexibility index (Phi) is 4.41. The number of aromatic nitrogens is 4. The molecule has 0 bridgehead atoms. The second-order valence-electron chi connectivity index (χ2n) is 7.47. The maximum absolute atomic E-state index is 12.4. The van der Waals surface area contributed by atoms with E-state index in [0.717, 1.165) is 45.4 Å². The van der Waals surface area contributed by atoms with Crippen molar-refractivity contribution in [2.24, 2.45) is 5.41 Å². The zero-order valence-corrected chi connectivity index (χ0v) is 14.3. The summed E-state index contributed by atoms with van der Waals surface area (Å²) in [5, 5.41) is 10.8. The maximum Gasteiger partial charge on any atom is 0.244 e. The third kappa shape index (κ3) is 3.51. The summed E-state index contributed by atoms with van der Waals surface area (Å²) in [6, 6.07) is 0. The van der Waals surface area contributed by atoms with Crippen molar-refractivity contribution < 1.29 is 14.3 Å². The van der Waals surface area contributed by atoms with Crippen molar-refractivity contribution in [3.05, 3.63) is 6.33 Å². The fourth-order valence-corrected chi connectivity index (χ4v) is 4.24. The zero-order valence-electron chi connectivity index (χ0n) is 14.3. The molecule has 0 saturated carbocycles. The molecule has 0 aromatic carbocycles. The van der Waals surface area contributed by atoms with Gasteiger partial charge in [-0.3, -0.25) is 9.59 Å². The van der Waals surface area contributed by atoms with Crippen LogP contribution in [0.3, 0.4) is 0 Å². The number of ether oxygens (including phenoxy) is 1. The Labute approximate surface area is 146 Å². The monoisotopic (exact) mass is 348 g/mol. The average molecular weight is 348 g/mol. The van der Waals surface area contributed by atoms with Crippen LogP contribution in [-0.4, -0.2) is 80.7 Å². The van der Waals surface area contributed by atoms with Crippen LogP contribution in [0.25, 0.3) is 0 Å². The van der Waals surface area contributed by atoms with Crippen molar-refractivity contribution in [2.75, 3.05) is 32.8 Å². The molecule has 1 spiro atoms. The first-order chi connectivity index (χ1) is 12.1. The van der Waals surface area contributed by atoms with Crippen LogP contribution < -0.4 is 0 Å². The van der Waals surface area contributed by atoms with Crippen LogP contribution in [0.5, 0.6) is 0 Å². The number of hydrogen-bond donors (Lipinski definition) is 0. The van der Waals surface area contributed by atoms with Gasteiger partial charge >= 0.3 is 0 Å². The van der Waals surface area contributed by atoms with Gasteiger partial charge in [0.2, 0.25) is 11.8 Å². The lowest BCUT2D eigenvalue weighted by Crippen LogP contribution is -2.45. The van der Waals surface area contributed by atoms with Crippen molar-refractivity contribution in [1.29, 1.82) is 0 Å². The molecule has 25 heavy (non-hydrogen) atoms. The van der Waals surface area contributed by atoms with Crippen LogP contribution in [-0.2, 0) is 20.9 Å². The molecular weight excluding hydrogens is 324 g/mol. The topological polar surface area (TPSA) is 93.5 Å². The van der Waals surface area contributed by atoms with Gasteiger partial charge in [-0.1, -0.05) is 0 Å². The van der Waals surface area contributed by atoms with Crippen molar-refractivity contribution in [1.82, 2.24) is 30.0 Å². The molecule has 4 rings (SSSR count). The number of likely N-dealkylation sites (tertiary alicyclic amines) is 2. The molecule has 0 N–H and O–H groups in total. The second kappa shape index (κ2) is 6.70. The quantitative estimate of drug-likeness (QED) is 0.741. The first-order valence-corrected chi connectivity index (χ1v) is 9.02. The molecule has 1 aromatic heterocycles. The van der Waals surface area contributed by atoms with Crippen molar-refractivity contribution >= 4 is 11.8 Å². The van der Waals surface area contributed by atoms with E-state index in [1.54, 1.807) is 0 Å². The minimum atomic E-state index is 0.0290. The number of carbonyl (C=O) groups is 2. The molecule has 1 unspecified atom stereocenters. The van der Waals surface area contributed by atoms with Gasteiger partial charge in [-0.15, -0.1) is 5.10 Å². The molecule has 3 saturated heterocycles. The Hall–Kier alpha value is -2.03. The van der Waals surface area contributed by atoms with Crippen LogP contribution in [0, 0.1) is 5.41 Å². The number of rotatable bonds is 4. The van der Waals surface area contributed by atoms with Gasteiger partial charge < -0.3 is 14.5 Å². The van der Waals surface area contributed by atoms with Crippen molar-refractivity contribution in [3.8, 4) is 0 Å². The largest absolute Gasteiger partial charge is 0.376 e. The highest BCUT2D eigenvalue weighted by atomic mass is 16.5. The van der Waals surface area contributed by atoms with Gasteiger partial charge in [0.15, 0.2) is 0 Å². The number of tetrazole rings is 1. The summed E-state index contributed by atoms with van der Waals surface area (Å²) in [6.45, 7) is 3.91. The number of nitrogens with zero attached hydrogens (tertiary/aromatic N) is 6. The molecule has 1 atom stereocenters. The highest BCUT2D eigenvalue weighted by Gasteiger charge is 2.45. The van der Waals surface area contributed by atoms with Gasteiger partial charge in [-0.25, -0.2) is 4.68 Å². The van der Waals surface area contributed by atoms with E-state index < -0.39 is 0 Å². The first kappa shape index (κ1) is 16.4. The lowest BCUT2D eigenvalue weighted by Gasteiger charge is -2.38. The van der Waals surface area contributed by atoms with Crippen LogP contribution in [0.1, 0.15) is 32.1 Å². The predicted molar refractivity (Wildman–Crippen MR) is 86.2 cm³/mol. The normalized spacial score (nSPS) is 25.9. The van der Waals surface area contributed by atoms with E-state index in [4.69, 9.17) is 4.74 Å². The predicted octanol–water partition coefficient (Wildman–Crippen LogP) is -0.307. The number of amides is 2. The van der Waals surface area contributed by atoms with Gasteiger partial charge in [0.1, 0.15) is 12.9 Å². The third-order valence-corrected chi connectivity index (χ3v) is 5.72. The fraction of sp³-hybridized carbons (Fsp3) is 0.812. The summed E-state index contributed by atoms with van der Waals surface area (Å²) >= 11 is 0. The molecule has 0 aliphatic carbocycles. The highest BCUT2D eigenvalue weighted by Crippen LogP contribution is 2.41. The maximum atomic E-state index is 12.4. The zero-order chi connectivity index (χ0) is 17.3. The van der Waals surface area contributed by atoms with Gasteiger partial charge in [-0.2, -0.15) is 0 Å². The Bertz CT molecular complexity index is 620. The summed E-state index contributed by atoms with van der Waals surface area (Å²) in [6.07, 6.45) is 6.16. The Morgan fingerprint density at radius 1 is 1.36 bits per heavy atom. The molecule has 136 valence electrons. The van der Waals surface area contributed by atoms with Crippen LogP contribution in [0.2, 0.25) is 0 Å². The summed E-state index contributed by atoms with van der Waals surface area (Å²) in [7, 11) is 0. The van der Waals surface area contributed by atoms with E-state index in [-0.39, 0.29) is 29.9 Å². The molecule has 0 radical (unpaired) electrons. The number of carbonyl (C=O) groups excluding carboxylic acids is 2. The van der Waals surface area contributed by atoms with Crippen LogP contribution in [0.4, 0.5) is 0 Å². The standard InChI is InChI=1S/C16H24N6O3/c23-14-8-16(11-21(14)9-13-2-1-7-25-13)3-5-20(6-4-16)15(24)10-22-12-17-18-19-22/h12-13H,1-11H2. The second-order valence-corrected chi connectivity index (χ2v) is 7.47. The van der Waals surface area contributed by atoms with E-state index in [2.05, 4.69) is 15.5 Å². The lowest BCUT2D eigenvalue weighted by molar-refractivity contribution is -0.134. The molecule has 3 aliphatic rings. The first-order valence-electron chi connectivity index (χ1n) is 9.02. The summed E-state index contributed by atoms with van der Waals surface area (Å²) in [5.41, 5.74) is 0.0290. The fourth-order valence-electron chi connectivity index (χ4n) is 4.24. The van der Waals surface area contributed by atoms with E-state index in [9.17, 15) is 9.59 Å². The molecule has 1 aromatic rings. The smallest absolute Gasteiger partial charge is 0.244 e. The molecule has 9 heteroatoms. The van der Waals surface area contributed by atoms with Gasteiger partial charge in [-0.05, 0) is 36.1 Å².